The molecule has 2 N–H and O–H groups in total. The number of piperazine rings is 1. The van der Waals surface area contributed by atoms with Crippen molar-refractivity contribution in [2.75, 3.05) is 36.8 Å². The van der Waals surface area contributed by atoms with Crippen molar-refractivity contribution < 1.29 is 9.18 Å². The second-order valence-electron chi connectivity index (χ2n) is 8.44. The largest absolute Gasteiger partial charge is 0.397 e. The Bertz CT molecular complexity index is 1120. The summed E-state index contributed by atoms with van der Waals surface area (Å²) in [6.45, 7) is 2.30. The molecular formula is C24H27FN4OS. The highest BCUT2D eigenvalue weighted by Crippen LogP contribution is 2.36. The second kappa shape index (κ2) is 8.46. The normalized spacial score (nSPS) is 17.3. The maximum Gasteiger partial charge on any atom is 0.266 e. The van der Waals surface area contributed by atoms with Gasteiger partial charge in [-0.15, -0.1) is 11.3 Å². The molecule has 5 nitrogen and oxygen atoms in total. The predicted molar refractivity (Wildman–Crippen MR) is 124 cm³/mol. The van der Waals surface area contributed by atoms with Crippen molar-refractivity contribution in [2.45, 2.75) is 38.5 Å². The summed E-state index contributed by atoms with van der Waals surface area (Å²) in [6, 6.07) is 8.96. The number of anilines is 2. The van der Waals surface area contributed by atoms with E-state index in [9.17, 15) is 9.18 Å². The molecule has 1 aliphatic heterocycles. The highest BCUT2D eigenvalue weighted by molar-refractivity contribution is 7.21. The highest BCUT2D eigenvalue weighted by Gasteiger charge is 2.27. The highest BCUT2D eigenvalue weighted by atomic mass is 32.1. The van der Waals surface area contributed by atoms with Crippen molar-refractivity contribution in [3.05, 3.63) is 52.3 Å². The molecule has 7 heteroatoms. The van der Waals surface area contributed by atoms with Crippen LogP contribution in [0.25, 0.3) is 10.2 Å². The standard InChI is InChI=1S/C24H27FN4OS/c25-18-8-5-6-10-20(18)28-11-13-29(14-12-28)24(30)22-21(26)17-15-16-7-3-1-2-4-9-19(16)27-23(17)31-22/h5-6,8,10,15H,1-4,7,9,11-14,26H2. The number of nitrogens with zero attached hydrogens (tertiary/aromatic N) is 3. The zero-order valence-electron chi connectivity index (χ0n) is 17.6. The van der Waals surface area contributed by atoms with Crippen LogP contribution < -0.4 is 10.6 Å². The Morgan fingerprint density at radius 1 is 1.03 bits per heavy atom. The molecule has 0 saturated carbocycles. The molecule has 0 radical (unpaired) electrons. The van der Waals surface area contributed by atoms with Crippen LogP contribution >= 0.6 is 11.3 Å². The first-order valence-electron chi connectivity index (χ1n) is 11.1. The van der Waals surface area contributed by atoms with Gasteiger partial charge in [0, 0.05) is 37.3 Å². The summed E-state index contributed by atoms with van der Waals surface area (Å²) in [5, 5.41) is 0.915. The van der Waals surface area contributed by atoms with Crippen LogP contribution in [0.4, 0.5) is 15.8 Å². The summed E-state index contributed by atoms with van der Waals surface area (Å²) < 4.78 is 14.1. The molecule has 1 aromatic carbocycles. The number of para-hydroxylation sites is 1. The lowest BCUT2D eigenvalue weighted by atomic mass is 9.96. The number of carbonyl (C=O) groups excluding carboxylic acids is 1. The number of thiophene rings is 1. The molecule has 2 aliphatic rings. The quantitative estimate of drug-likeness (QED) is 0.633. The van der Waals surface area contributed by atoms with Crippen molar-refractivity contribution in [1.29, 1.82) is 0 Å². The summed E-state index contributed by atoms with van der Waals surface area (Å²) in [4.78, 5) is 23.4. The monoisotopic (exact) mass is 438 g/mol. The van der Waals surface area contributed by atoms with Gasteiger partial charge in [-0.05, 0) is 49.4 Å². The summed E-state index contributed by atoms with van der Waals surface area (Å²) in [7, 11) is 0. The van der Waals surface area contributed by atoms with E-state index in [4.69, 9.17) is 10.7 Å². The fourth-order valence-electron chi connectivity index (χ4n) is 4.67. The number of rotatable bonds is 2. The molecule has 3 aromatic rings. The van der Waals surface area contributed by atoms with E-state index in [0.29, 0.717) is 42.4 Å². The Morgan fingerprint density at radius 3 is 2.55 bits per heavy atom. The second-order valence-corrected chi connectivity index (χ2v) is 9.44. The molecule has 1 amide bonds. The first-order chi connectivity index (χ1) is 15.1. The van der Waals surface area contributed by atoms with E-state index < -0.39 is 0 Å². The van der Waals surface area contributed by atoms with Gasteiger partial charge in [0.05, 0.1) is 11.4 Å². The molecule has 0 bridgehead atoms. The molecule has 1 saturated heterocycles. The minimum absolute atomic E-state index is 0.0406. The Morgan fingerprint density at radius 2 is 1.77 bits per heavy atom. The minimum atomic E-state index is -0.224. The number of hydrogen-bond acceptors (Lipinski definition) is 5. The van der Waals surface area contributed by atoms with E-state index in [1.807, 2.05) is 15.9 Å². The number of amides is 1. The first-order valence-corrected chi connectivity index (χ1v) is 11.9. The Labute approximate surface area is 185 Å². The van der Waals surface area contributed by atoms with Gasteiger partial charge < -0.3 is 15.5 Å². The van der Waals surface area contributed by atoms with Gasteiger partial charge in [-0.2, -0.15) is 0 Å². The number of aryl methyl sites for hydroxylation is 2. The van der Waals surface area contributed by atoms with E-state index in [1.165, 1.54) is 54.3 Å². The van der Waals surface area contributed by atoms with Crippen LogP contribution in [0, 0.1) is 5.82 Å². The molecule has 0 unspecified atom stereocenters. The van der Waals surface area contributed by atoms with Crippen molar-refractivity contribution in [2.24, 2.45) is 0 Å². The molecule has 0 spiro atoms. The van der Waals surface area contributed by atoms with Gasteiger partial charge in [0.15, 0.2) is 0 Å². The number of halogens is 1. The third-order valence-corrected chi connectivity index (χ3v) is 7.56. The van der Waals surface area contributed by atoms with Gasteiger partial charge in [0.1, 0.15) is 15.5 Å². The lowest BCUT2D eigenvalue weighted by Gasteiger charge is -2.36. The fourth-order valence-corrected chi connectivity index (χ4v) is 5.74. The maximum absolute atomic E-state index is 14.1. The van der Waals surface area contributed by atoms with Gasteiger partial charge >= 0.3 is 0 Å². The molecule has 1 fully saturated rings. The van der Waals surface area contributed by atoms with Crippen molar-refractivity contribution in [3.63, 3.8) is 0 Å². The smallest absolute Gasteiger partial charge is 0.266 e. The number of carbonyl (C=O) groups is 1. The van der Waals surface area contributed by atoms with Gasteiger partial charge in [-0.3, -0.25) is 4.79 Å². The summed E-state index contributed by atoms with van der Waals surface area (Å²) in [5.41, 5.74) is 10.1. The van der Waals surface area contributed by atoms with E-state index in [2.05, 4.69) is 6.07 Å². The zero-order chi connectivity index (χ0) is 21.4. The number of nitrogen functional groups attached to an aromatic ring is 1. The molecular weight excluding hydrogens is 411 g/mol. The lowest BCUT2D eigenvalue weighted by Crippen LogP contribution is -2.49. The van der Waals surface area contributed by atoms with Crippen LogP contribution in [-0.4, -0.2) is 42.0 Å². The third kappa shape index (κ3) is 3.87. The third-order valence-electron chi connectivity index (χ3n) is 6.45. The molecule has 31 heavy (non-hydrogen) atoms. The Balaban J connectivity index is 1.36. The maximum atomic E-state index is 14.1. The number of hydrogen-bond donors (Lipinski definition) is 1. The van der Waals surface area contributed by atoms with Gasteiger partial charge in [0.2, 0.25) is 0 Å². The zero-order valence-corrected chi connectivity index (χ0v) is 18.4. The van der Waals surface area contributed by atoms with Crippen LogP contribution in [0.15, 0.2) is 30.3 Å². The van der Waals surface area contributed by atoms with Crippen molar-refractivity contribution in [1.82, 2.24) is 9.88 Å². The molecule has 1 aliphatic carbocycles. The Hall–Kier alpha value is -2.67. The molecule has 0 atom stereocenters. The first kappa shape index (κ1) is 20.2. The van der Waals surface area contributed by atoms with Crippen LogP contribution in [-0.2, 0) is 12.8 Å². The average Bonchev–Trinajstić information content (AvgIpc) is 3.09. The summed E-state index contributed by atoms with van der Waals surface area (Å²) in [6.07, 6.45) is 6.92. The van der Waals surface area contributed by atoms with Crippen LogP contribution in [0.5, 0.6) is 0 Å². The predicted octanol–water partition coefficient (Wildman–Crippen LogP) is 4.64. The molecule has 2 aromatic heterocycles. The summed E-state index contributed by atoms with van der Waals surface area (Å²) >= 11 is 1.41. The average molecular weight is 439 g/mol. The van der Waals surface area contributed by atoms with Gasteiger partial charge in [0.25, 0.3) is 5.91 Å². The molecule has 162 valence electrons. The number of fused-ring (bicyclic) bond motifs is 2. The van der Waals surface area contributed by atoms with Gasteiger partial charge in [-0.1, -0.05) is 25.0 Å². The number of pyridine rings is 1. The fraction of sp³-hybridized carbons (Fsp3) is 0.417. The Kier molecular flexibility index (Phi) is 5.52. The SMILES string of the molecule is Nc1c(C(=O)N2CCN(c3ccccc3F)CC2)sc2nc3c(cc12)CCCCCC3. The van der Waals surface area contributed by atoms with Crippen molar-refractivity contribution in [3.8, 4) is 0 Å². The van der Waals surface area contributed by atoms with Crippen LogP contribution in [0.2, 0.25) is 0 Å². The van der Waals surface area contributed by atoms with E-state index in [0.717, 1.165) is 23.1 Å². The van der Waals surface area contributed by atoms with E-state index in [1.54, 1.807) is 12.1 Å². The number of nitrogens with two attached hydrogens (primary N) is 1. The van der Waals surface area contributed by atoms with Gasteiger partial charge in [-0.25, -0.2) is 9.37 Å². The summed E-state index contributed by atoms with van der Waals surface area (Å²) in [5.74, 6) is -0.265. The molecule has 3 heterocycles. The number of benzene rings is 1. The van der Waals surface area contributed by atoms with Crippen molar-refractivity contribution >= 4 is 38.8 Å². The van der Waals surface area contributed by atoms with E-state index >= 15 is 0 Å². The van der Waals surface area contributed by atoms with Crippen LogP contribution in [0.1, 0.15) is 46.6 Å². The van der Waals surface area contributed by atoms with E-state index in [-0.39, 0.29) is 11.7 Å². The van der Waals surface area contributed by atoms with Crippen LogP contribution in [0.3, 0.4) is 0 Å². The topological polar surface area (TPSA) is 62.5 Å². The minimum Gasteiger partial charge on any atom is -0.397 e. The molecule has 5 rings (SSSR count). The lowest BCUT2D eigenvalue weighted by molar-refractivity contribution is 0.0752. The number of aromatic nitrogens is 1.